The molecule has 21 heavy (non-hydrogen) atoms. The normalized spacial score (nSPS) is 14.5. The second-order valence-corrected chi connectivity index (χ2v) is 7.03. The van der Waals surface area contributed by atoms with E-state index in [-0.39, 0.29) is 17.9 Å². The van der Waals surface area contributed by atoms with Crippen LogP contribution in [-0.2, 0) is 4.79 Å². The van der Waals surface area contributed by atoms with Crippen molar-refractivity contribution in [2.75, 3.05) is 6.54 Å². The molecule has 3 nitrogen and oxygen atoms in total. The predicted molar refractivity (Wildman–Crippen MR) is 88.9 cm³/mol. The summed E-state index contributed by atoms with van der Waals surface area (Å²) in [6, 6.07) is 9.55. The first-order valence-corrected chi connectivity index (χ1v) is 7.89. The van der Waals surface area contributed by atoms with E-state index in [4.69, 9.17) is 5.73 Å². The SMILES string of the molecule is CC(C(=O)NCCCCC(C)(C)C)C(N)c1ccccc1. The van der Waals surface area contributed by atoms with Crippen molar-refractivity contribution in [3.05, 3.63) is 35.9 Å². The van der Waals surface area contributed by atoms with Gasteiger partial charge >= 0.3 is 0 Å². The number of carbonyl (C=O) groups excluding carboxylic acids is 1. The average Bonchev–Trinajstić information content (AvgIpc) is 2.44. The van der Waals surface area contributed by atoms with E-state index in [0.717, 1.165) is 24.9 Å². The summed E-state index contributed by atoms with van der Waals surface area (Å²) in [7, 11) is 0. The molecule has 1 rings (SSSR count). The van der Waals surface area contributed by atoms with Gasteiger partial charge in [-0.2, -0.15) is 0 Å². The molecule has 0 fully saturated rings. The molecule has 0 spiro atoms. The molecule has 1 aromatic carbocycles. The van der Waals surface area contributed by atoms with E-state index in [1.807, 2.05) is 37.3 Å². The van der Waals surface area contributed by atoms with E-state index in [1.54, 1.807) is 0 Å². The van der Waals surface area contributed by atoms with Gasteiger partial charge in [-0.05, 0) is 23.8 Å². The Balaban J connectivity index is 2.31. The number of rotatable bonds is 7. The van der Waals surface area contributed by atoms with Crippen LogP contribution in [0.2, 0.25) is 0 Å². The highest BCUT2D eigenvalue weighted by molar-refractivity contribution is 5.79. The lowest BCUT2D eigenvalue weighted by Gasteiger charge is -2.20. The zero-order valence-corrected chi connectivity index (χ0v) is 13.9. The van der Waals surface area contributed by atoms with Gasteiger partial charge in [0.05, 0.1) is 5.92 Å². The number of carbonyl (C=O) groups is 1. The van der Waals surface area contributed by atoms with Crippen LogP contribution in [0, 0.1) is 11.3 Å². The number of unbranched alkanes of at least 4 members (excludes halogenated alkanes) is 1. The highest BCUT2D eigenvalue weighted by Crippen LogP contribution is 2.21. The van der Waals surface area contributed by atoms with Crippen LogP contribution in [0.25, 0.3) is 0 Å². The van der Waals surface area contributed by atoms with Crippen molar-refractivity contribution >= 4 is 5.91 Å². The number of nitrogens with one attached hydrogen (secondary N) is 1. The molecule has 0 aliphatic carbocycles. The molecule has 1 amide bonds. The molecule has 2 atom stereocenters. The maximum absolute atomic E-state index is 12.1. The van der Waals surface area contributed by atoms with E-state index in [2.05, 4.69) is 26.1 Å². The van der Waals surface area contributed by atoms with Crippen molar-refractivity contribution in [1.29, 1.82) is 0 Å². The molecule has 0 aliphatic heterocycles. The summed E-state index contributed by atoms with van der Waals surface area (Å²) in [6.45, 7) is 9.36. The highest BCUT2D eigenvalue weighted by atomic mass is 16.1. The van der Waals surface area contributed by atoms with E-state index in [0.29, 0.717) is 5.41 Å². The van der Waals surface area contributed by atoms with Gasteiger partial charge < -0.3 is 11.1 Å². The van der Waals surface area contributed by atoms with Gasteiger partial charge in [-0.1, -0.05) is 64.4 Å². The number of nitrogens with two attached hydrogens (primary N) is 1. The van der Waals surface area contributed by atoms with Crippen molar-refractivity contribution in [3.63, 3.8) is 0 Å². The zero-order chi connectivity index (χ0) is 15.9. The van der Waals surface area contributed by atoms with Crippen molar-refractivity contribution in [1.82, 2.24) is 5.32 Å². The van der Waals surface area contributed by atoms with Crippen LogP contribution in [0.1, 0.15) is 58.6 Å². The number of amides is 1. The van der Waals surface area contributed by atoms with Crippen molar-refractivity contribution in [3.8, 4) is 0 Å². The number of hydrogen-bond acceptors (Lipinski definition) is 2. The largest absolute Gasteiger partial charge is 0.356 e. The standard InChI is InChI=1S/C18H30N2O/c1-14(16(19)15-10-6-5-7-11-15)17(21)20-13-9-8-12-18(2,3)4/h5-7,10-11,14,16H,8-9,12-13,19H2,1-4H3,(H,20,21). The van der Waals surface area contributed by atoms with Gasteiger partial charge in [0.15, 0.2) is 0 Å². The molecule has 3 heteroatoms. The fraction of sp³-hybridized carbons (Fsp3) is 0.611. The molecule has 0 bridgehead atoms. The van der Waals surface area contributed by atoms with Crippen LogP contribution in [0.4, 0.5) is 0 Å². The Hall–Kier alpha value is -1.35. The first kappa shape index (κ1) is 17.7. The minimum absolute atomic E-state index is 0.0436. The number of benzene rings is 1. The summed E-state index contributed by atoms with van der Waals surface area (Å²) < 4.78 is 0. The quantitative estimate of drug-likeness (QED) is 0.753. The van der Waals surface area contributed by atoms with Crippen LogP contribution in [-0.4, -0.2) is 12.5 Å². The Morgan fingerprint density at radius 3 is 2.38 bits per heavy atom. The lowest BCUT2D eigenvalue weighted by Crippen LogP contribution is -2.36. The lowest BCUT2D eigenvalue weighted by molar-refractivity contribution is -0.125. The molecule has 0 aromatic heterocycles. The molecule has 2 unspecified atom stereocenters. The van der Waals surface area contributed by atoms with Crippen molar-refractivity contribution < 1.29 is 4.79 Å². The van der Waals surface area contributed by atoms with Gasteiger partial charge in [0, 0.05) is 12.6 Å². The topological polar surface area (TPSA) is 55.1 Å². The Labute approximate surface area is 129 Å². The Kier molecular flexibility index (Phi) is 6.90. The molecule has 118 valence electrons. The molecule has 3 N–H and O–H groups in total. The minimum atomic E-state index is -0.249. The molecule has 0 heterocycles. The Bertz CT molecular complexity index is 423. The second-order valence-electron chi connectivity index (χ2n) is 7.03. The summed E-state index contributed by atoms with van der Waals surface area (Å²) >= 11 is 0. The zero-order valence-electron chi connectivity index (χ0n) is 13.9. The maximum atomic E-state index is 12.1. The Morgan fingerprint density at radius 2 is 1.81 bits per heavy atom. The van der Waals surface area contributed by atoms with Crippen LogP contribution >= 0.6 is 0 Å². The van der Waals surface area contributed by atoms with Crippen molar-refractivity contribution in [2.45, 2.75) is 53.0 Å². The summed E-state index contributed by atoms with van der Waals surface area (Å²) in [4.78, 5) is 12.1. The third kappa shape index (κ3) is 6.76. The van der Waals surface area contributed by atoms with Gasteiger partial charge in [-0.15, -0.1) is 0 Å². The molecule has 0 aliphatic rings. The third-order valence-corrected chi connectivity index (χ3v) is 3.79. The second kappa shape index (κ2) is 8.18. The first-order chi connectivity index (χ1) is 9.81. The molecule has 0 radical (unpaired) electrons. The van der Waals surface area contributed by atoms with Crippen LogP contribution in [0.3, 0.4) is 0 Å². The summed E-state index contributed by atoms with van der Waals surface area (Å²) in [6.07, 6.45) is 3.35. The molecule has 1 aromatic rings. The van der Waals surface area contributed by atoms with Gasteiger partial charge in [0.2, 0.25) is 5.91 Å². The molecular formula is C18H30N2O. The van der Waals surface area contributed by atoms with Gasteiger partial charge in [-0.3, -0.25) is 4.79 Å². The number of hydrogen-bond donors (Lipinski definition) is 2. The minimum Gasteiger partial charge on any atom is -0.356 e. The highest BCUT2D eigenvalue weighted by Gasteiger charge is 2.21. The van der Waals surface area contributed by atoms with Gasteiger partial charge in [-0.25, -0.2) is 0 Å². The van der Waals surface area contributed by atoms with Crippen LogP contribution in [0.5, 0.6) is 0 Å². The molecular weight excluding hydrogens is 260 g/mol. The first-order valence-electron chi connectivity index (χ1n) is 7.89. The van der Waals surface area contributed by atoms with Crippen LogP contribution in [0.15, 0.2) is 30.3 Å². The van der Waals surface area contributed by atoms with Gasteiger partial charge in [0.25, 0.3) is 0 Å². The average molecular weight is 290 g/mol. The molecule has 0 saturated heterocycles. The third-order valence-electron chi connectivity index (χ3n) is 3.79. The maximum Gasteiger partial charge on any atom is 0.224 e. The summed E-state index contributed by atoms with van der Waals surface area (Å²) in [5, 5.41) is 3.00. The molecule has 0 saturated carbocycles. The smallest absolute Gasteiger partial charge is 0.224 e. The summed E-state index contributed by atoms with van der Waals surface area (Å²) in [5.74, 6) is -0.169. The van der Waals surface area contributed by atoms with Crippen LogP contribution < -0.4 is 11.1 Å². The van der Waals surface area contributed by atoms with E-state index in [9.17, 15) is 4.79 Å². The summed E-state index contributed by atoms with van der Waals surface area (Å²) in [5.41, 5.74) is 7.54. The van der Waals surface area contributed by atoms with E-state index in [1.165, 1.54) is 6.42 Å². The van der Waals surface area contributed by atoms with E-state index < -0.39 is 0 Å². The van der Waals surface area contributed by atoms with Gasteiger partial charge in [0.1, 0.15) is 0 Å². The van der Waals surface area contributed by atoms with E-state index >= 15 is 0 Å². The monoisotopic (exact) mass is 290 g/mol. The van der Waals surface area contributed by atoms with Crippen molar-refractivity contribution in [2.24, 2.45) is 17.1 Å². The predicted octanol–water partition coefficient (Wildman–Crippen LogP) is 3.66. The fourth-order valence-corrected chi connectivity index (χ4v) is 2.28. The fourth-order valence-electron chi connectivity index (χ4n) is 2.28. The Morgan fingerprint density at radius 1 is 1.19 bits per heavy atom. The lowest BCUT2D eigenvalue weighted by atomic mass is 9.90.